The SMILES string of the molecule is O=C(NC1CCCCC1)Oc1ccc(C(=O)O)cc1.O=C(NC1CCCCC1)Oc1cccc(C(=O)O)c1.O=C(NCC1CCCCC1)Oc1ccc(C(=O)O)cc1.O=C(NCC1CCCCC1)Oc1cccc(C(=O)O)c1.O=C(O)Cc1ccc(OC(=O)NC2CCCCC2)cc1.O=C(O)Cc1ccc(OC(=O)NCC2CCCCC2)cc1. The van der Waals surface area contributed by atoms with Crippen molar-refractivity contribution in [2.75, 3.05) is 19.6 Å². The van der Waals surface area contributed by atoms with Crippen molar-refractivity contribution >= 4 is 72.4 Å². The van der Waals surface area contributed by atoms with Crippen LogP contribution in [0.3, 0.4) is 0 Å². The molecule has 6 fully saturated rings. The third-order valence-electron chi connectivity index (χ3n) is 20.7. The summed E-state index contributed by atoms with van der Waals surface area (Å²) in [6.07, 6.45) is 31.7. The van der Waals surface area contributed by atoms with Gasteiger partial charge in [0.1, 0.15) is 34.5 Å². The lowest BCUT2D eigenvalue weighted by molar-refractivity contribution is -0.137. The summed E-state index contributed by atoms with van der Waals surface area (Å²) in [4.78, 5) is 134. The van der Waals surface area contributed by atoms with E-state index >= 15 is 0 Å². The Balaban J connectivity index is 0.000000197. The number of ether oxygens (including phenoxy) is 6. The highest BCUT2D eigenvalue weighted by Crippen LogP contribution is 2.28. The molecular weight excluding hydrogens is 1540 g/mol. The molecule has 0 atom stereocenters. The van der Waals surface area contributed by atoms with E-state index in [-0.39, 0.29) is 64.7 Å². The molecule has 12 N–H and O–H groups in total. The Bertz CT molecular complexity index is 4180. The van der Waals surface area contributed by atoms with Crippen LogP contribution in [0.25, 0.3) is 0 Å². The van der Waals surface area contributed by atoms with Crippen LogP contribution < -0.4 is 60.3 Å². The predicted molar refractivity (Wildman–Crippen MR) is 439 cm³/mol. The number of aliphatic carboxylic acids is 2. The van der Waals surface area contributed by atoms with E-state index in [9.17, 15) is 57.5 Å². The number of hydrogen-bond donors (Lipinski definition) is 12. The molecule has 6 aromatic carbocycles. The van der Waals surface area contributed by atoms with Crippen molar-refractivity contribution in [3.05, 3.63) is 179 Å². The second-order valence-electron chi connectivity index (χ2n) is 30.2. The second-order valence-corrected chi connectivity index (χ2v) is 30.2. The Morgan fingerprint density at radius 1 is 0.252 bits per heavy atom. The number of carboxylic acid groups (broad SMARTS) is 6. The average Bonchev–Trinajstić information content (AvgIpc) is 0.847. The highest BCUT2D eigenvalue weighted by molar-refractivity contribution is 5.90. The number of carbonyl (C=O) groups is 12. The van der Waals surface area contributed by atoms with Gasteiger partial charge in [0.05, 0.1) is 35.1 Å². The summed E-state index contributed by atoms with van der Waals surface area (Å²) in [5.41, 5.74) is 1.89. The van der Waals surface area contributed by atoms with Crippen LogP contribution >= 0.6 is 0 Å². The first-order valence-electron chi connectivity index (χ1n) is 41.1. The summed E-state index contributed by atoms with van der Waals surface area (Å²) in [6, 6.07) is 37.0. The number of carboxylic acids is 6. The molecule has 30 nitrogen and oxygen atoms in total. The van der Waals surface area contributed by atoms with Crippen molar-refractivity contribution in [3.63, 3.8) is 0 Å². The fourth-order valence-corrected chi connectivity index (χ4v) is 14.4. The molecule has 0 spiro atoms. The highest BCUT2D eigenvalue weighted by atomic mass is 16.6. The molecule has 6 aliphatic carbocycles. The number of nitrogens with one attached hydrogen (secondary N) is 6. The summed E-state index contributed by atoms with van der Waals surface area (Å²) in [5, 5.41) is 69.4. The van der Waals surface area contributed by atoms with E-state index in [1.54, 1.807) is 72.8 Å². The van der Waals surface area contributed by atoms with Crippen LogP contribution in [-0.2, 0) is 22.4 Å². The number of rotatable bonds is 23. The van der Waals surface area contributed by atoms with Crippen LogP contribution in [0.2, 0.25) is 0 Å². The van der Waals surface area contributed by atoms with E-state index < -0.39 is 72.4 Å². The molecule has 6 amide bonds. The molecular formula is C89H112N6O24. The number of hydrogen-bond acceptors (Lipinski definition) is 18. The summed E-state index contributed by atoms with van der Waals surface area (Å²) >= 11 is 0. The maximum absolute atomic E-state index is 11.7. The van der Waals surface area contributed by atoms with E-state index in [0.717, 1.165) is 103 Å². The Kier molecular flexibility index (Phi) is 41.4. The molecule has 12 rings (SSSR count). The van der Waals surface area contributed by atoms with Crippen molar-refractivity contribution in [1.82, 2.24) is 31.9 Å². The van der Waals surface area contributed by atoms with E-state index in [2.05, 4.69) is 31.9 Å². The fourth-order valence-electron chi connectivity index (χ4n) is 14.4. The standard InChI is InChI=1S/C16H21NO4.3C15H19NO4.2C14H17NO4/c18-15(19)10-12-6-8-14(9-7-12)21-16(20)17-11-13-4-2-1-3-5-13;17-14(18)12-7-4-8-13(9-12)20-15(19)16-10-11-5-2-1-3-6-11;17-14(18)10-11-6-8-13(9-7-11)20-15(19)16-12-4-2-1-3-5-12;17-14(18)12-6-8-13(9-7-12)20-15(19)16-10-11-4-2-1-3-5-11;16-13(17)10-5-4-8-12(9-10)19-14(18)15-11-6-2-1-3-7-11;16-13(17)10-6-8-12(9-7-10)19-14(18)15-11-4-2-1-3-5-11/h6-9,13H,1-5,10-11H2,(H,17,20)(H,18,19);4,7-9,11H,1-3,5-6,10H2,(H,16,19)(H,17,18);6-9,12H,1-5,10H2,(H,16,19)(H,17,18);6-9,11H,1-5,10H2,(H,16,19)(H,17,18);4-5,8-9,11H,1-3,6-7H2,(H,15,18)(H,16,17);6-9,11H,1-5H2,(H,15,18)(H,16,17). The smallest absolute Gasteiger partial charge is 0.412 e. The maximum atomic E-state index is 11.7. The van der Waals surface area contributed by atoms with Gasteiger partial charge in [0.15, 0.2) is 0 Å². The van der Waals surface area contributed by atoms with Crippen LogP contribution in [0.1, 0.15) is 245 Å². The molecule has 6 aromatic rings. The number of carbonyl (C=O) groups excluding carboxylic acids is 6. The number of amides is 6. The van der Waals surface area contributed by atoms with E-state index in [1.165, 1.54) is 163 Å². The van der Waals surface area contributed by atoms with Gasteiger partial charge in [-0.3, -0.25) is 9.59 Å². The van der Waals surface area contributed by atoms with Crippen LogP contribution in [0, 0.1) is 17.8 Å². The topological polar surface area (TPSA) is 454 Å². The largest absolute Gasteiger partial charge is 0.481 e. The molecule has 6 saturated carbocycles. The highest BCUT2D eigenvalue weighted by Gasteiger charge is 2.23. The predicted octanol–water partition coefficient (Wildman–Crippen LogP) is 17.4. The van der Waals surface area contributed by atoms with Crippen LogP contribution in [0.4, 0.5) is 28.8 Å². The quantitative estimate of drug-likeness (QED) is 0.0283. The fraction of sp³-hybridized carbons (Fsp3) is 0.461. The second kappa shape index (κ2) is 52.4. The maximum Gasteiger partial charge on any atom is 0.412 e. The summed E-state index contributed by atoms with van der Waals surface area (Å²) < 4.78 is 30.7. The zero-order valence-electron chi connectivity index (χ0n) is 67.1. The summed E-state index contributed by atoms with van der Waals surface area (Å²) in [6.45, 7) is 1.93. The van der Waals surface area contributed by atoms with Gasteiger partial charge >= 0.3 is 72.4 Å². The normalized spacial score (nSPS) is 15.6. The average molecular weight is 1650 g/mol. The summed E-state index contributed by atoms with van der Waals surface area (Å²) in [5.74, 6) is -2.20. The molecule has 642 valence electrons. The monoisotopic (exact) mass is 1650 g/mol. The van der Waals surface area contributed by atoms with Crippen molar-refractivity contribution in [1.29, 1.82) is 0 Å². The van der Waals surface area contributed by atoms with Gasteiger partial charge in [-0.1, -0.05) is 152 Å². The van der Waals surface area contributed by atoms with Gasteiger partial charge in [-0.15, -0.1) is 0 Å². The minimum atomic E-state index is -1.04. The van der Waals surface area contributed by atoms with Crippen LogP contribution in [0.5, 0.6) is 34.5 Å². The molecule has 0 heterocycles. The summed E-state index contributed by atoms with van der Waals surface area (Å²) in [7, 11) is 0. The minimum Gasteiger partial charge on any atom is -0.481 e. The van der Waals surface area contributed by atoms with Crippen LogP contribution in [0.15, 0.2) is 146 Å². The van der Waals surface area contributed by atoms with E-state index in [4.69, 9.17) is 59.1 Å². The molecule has 30 heteroatoms. The molecule has 0 bridgehead atoms. The molecule has 0 radical (unpaired) electrons. The number of benzene rings is 6. The molecule has 119 heavy (non-hydrogen) atoms. The zero-order valence-corrected chi connectivity index (χ0v) is 67.1. The Hall–Kier alpha value is -12.2. The Labute approximate surface area is 692 Å². The van der Waals surface area contributed by atoms with E-state index in [0.29, 0.717) is 71.5 Å². The lowest BCUT2D eigenvalue weighted by Crippen LogP contribution is -2.38. The number of aromatic carboxylic acids is 4. The van der Waals surface area contributed by atoms with Gasteiger partial charge in [0, 0.05) is 37.8 Å². The lowest BCUT2D eigenvalue weighted by Gasteiger charge is -2.22. The van der Waals surface area contributed by atoms with Crippen LogP contribution in [-0.4, -0.2) is 141 Å². The van der Waals surface area contributed by atoms with Crippen molar-refractivity contribution in [3.8, 4) is 34.5 Å². The van der Waals surface area contributed by atoms with Crippen molar-refractivity contribution < 1.29 is 117 Å². The third-order valence-corrected chi connectivity index (χ3v) is 20.7. The first-order valence-corrected chi connectivity index (χ1v) is 41.1. The van der Waals surface area contributed by atoms with Gasteiger partial charge in [0.25, 0.3) is 0 Å². The Morgan fingerprint density at radius 3 is 0.731 bits per heavy atom. The molecule has 6 aliphatic rings. The van der Waals surface area contributed by atoms with Gasteiger partial charge in [-0.05, 0) is 215 Å². The van der Waals surface area contributed by atoms with Gasteiger partial charge < -0.3 is 91.0 Å². The molecule has 0 aromatic heterocycles. The van der Waals surface area contributed by atoms with Gasteiger partial charge in [0.2, 0.25) is 0 Å². The van der Waals surface area contributed by atoms with Gasteiger partial charge in [-0.25, -0.2) is 47.9 Å². The van der Waals surface area contributed by atoms with E-state index in [1.807, 2.05) is 0 Å². The molecule has 0 aliphatic heterocycles. The van der Waals surface area contributed by atoms with Crippen molar-refractivity contribution in [2.24, 2.45) is 17.8 Å². The third kappa shape index (κ3) is 39.0. The Morgan fingerprint density at radius 2 is 0.479 bits per heavy atom. The zero-order chi connectivity index (χ0) is 85.5. The molecule has 0 unspecified atom stereocenters. The first-order chi connectivity index (χ1) is 57.4. The van der Waals surface area contributed by atoms with Gasteiger partial charge in [-0.2, -0.15) is 0 Å². The minimum absolute atomic E-state index is 0.0332. The molecule has 0 saturated heterocycles. The van der Waals surface area contributed by atoms with Crippen molar-refractivity contribution in [2.45, 2.75) is 224 Å². The lowest BCUT2D eigenvalue weighted by atomic mass is 9.89. The first kappa shape index (κ1) is 93.9.